The minimum absolute atomic E-state index is 0.114. The van der Waals surface area contributed by atoms with Gasteiger partial charge >= 0.3 is 0 Å². The average molecular weight is 435 g/mol. The van der Waals surface area contributed by atoms with Gasteiger partial charge in [-0.05, 0) is 10.8 Å². The van der Waals surface area contributed by atoms with Crippen molar-refractivity contribution in [1.29, 1.82) is 0 Å². The summed E-state index contributed by atoms with van der Waals surface area (Å²) in [7, 11) is 0. The Morgan fingerprint density at radius 3 is 2.75 bits per heavy atom. The molecule has 1 fully saturated rings. The molecule has 6 N–H and O–H groups in total. The van der Waals surface area contributed by atoms with Gasteiger partial charge in [-0.2, -0.15) is 15.1 Å². The first-order chi connectivity index (χ1) is 15.6. The maximum atomic E-state index is 10.3. The molecule has 11 heteroatoms. The topological polar surface area (TPSA) is 164 Å². The Bertz CT molecular complexity index is 1300. The van der Waals surface area contributed by atoms with Gasteiger partial charge in [0.25, 0.3) is 0 Å². The van der Waals surface area contributed by atoms with Crippen LogP contribution in [0.15, 0.2) is 53.9 Å². The maximum absolute atomic E-state index is 10.3. The summed E-state index contributed by atoms with van der Waals surface area (Å²) in [6, 6.07) is 13.9. The molecule has 1 aliphatic heterocycles. The highest BCUT2D eigenvalue weighted by atomic mass is 16.6. The second kappa shape index (κ2) is 8.13. The van der Waals surface area contributed by atoms with E-state index in [1.54, 1.807) is 6.21 Å². The van der Waals surface area contributed by atoms with Gasteiger partial charge in [0, 0.05) is 5.56 Å². The van der Waals surface area contributed by atoms with Crippen molar-refractivity contribution in [2.45, 2.75) is 24.5 Å². The third-order valence-electron chi connectivity index (χ3n) is 5.43. The smallest absolute Gasteiger partial charge is 0.247 e. The summed E-state index contributed by atoms with van der Waals surface area (Å²) >= 11 is 0. The van der Waals surface area contributed by atoms with Crippen molar-refractivity contribution < 1.29 is 20.1 Å². The Labute approximate surface area is 181 Å². The quantitative estimate of drug-likeness (QED) is 0.223. The summed E-state index contributed by atoms with van der Waals surface area (Å²) in [6.45, 7) is -0.436. The molecule has 0 spiro atoms. The standard InChI is InChI=1S/C21H21N7O4/c22-18-15-19(28(10-23-15)20-17(31)16(30)14(9-29)32-20)26-21(25-18)27-24-8-12-6-3-5-11-4-1-2-7-13(11)12/h1-8,10,14,16-17,20,29-31H,9H2,(H3,22,25,26,27)/t14-,16-,17-,20-/m1/s1. The first-order valence-corrected chi connectivity index (χ1v) is 9.96. The van der Waals surface area contributed by atoms with E-state index in [1.165, 1.54) is 10.9 Å². The number of nitrogens with zero attached hydrogens (tertiary/aromatic N) is 5. The van der Waals surface area contributed by atoms with Gasteiger partial charge in [-0.1, -0.05) is 42.5 Å². The van der Waals surface area contributed by atoms with Crippen LogP contribution in [-0.4, -0.2) is 66.0 Å². The third-order valence-corrected chi connectivity index (χ3v) is 5.43. The van der Waals surface area contributed by atoms with E-state index >= 15 is 0 Å². The molecule has 2 aromatic heterocycles. The number of hydrazone groups is 1. The number of benzene rings is 2. The molecule has 3 heterocycles. The SMILES string of the molecule is Nc1nc(NN=Cc2cccc3ccccc23)nc2c1ncn2[C@@H]1O[C@H](CO)[C@@H](O)[C@H]1O. The molecule has 0 bridgehead atoms. The minimum Gasteiger partial charge on any atom is -0.394 e. The lowest BCUT2D eigenvalue weighted by Crippen LogP contribution is -2.33. The van der Waals surface area contributed by atoms with Crippen LogP contribution >= 0.6 is 0 Å². The molecule has 1 aliphatic rings. The summed E-state index contributed by atoms with van der Waals surface area (Å²) < 4.78 is 7.01. The van der Waals surface area contributed by atoms with E-state index in [4.69, 9.17) is 10.5 Å². The van der Waals surface area contributed by atoms with Gasteiger partial charge in [-0.15, -0.1) is 0 Å². The lowest BCUT2D eigenvalue weighted by atomic mass is 10.1. The molecule has 4 atom stereocenters. The Balaban J connectivity index is 1.44. The van der Waals surface area contributed by atoms with Crippen LogP contribution in [0.3, 0.4) is 0 Å². The molecule has 164 valence electrons. The number of aliphatic hydroxyl groups is 3. The van der Waals surface area contributed by atoms with Crippen LogP contribution in [0.2, 0.25) is 0 Å². The van der Waals surface area contributed by atoms with Crippen LogP contribution in [0.5, 0.6) is 0 Å². The van der Waals surface area contributed by atoms with Gasteiger partial charge in [-0.3, -0.25) is 4.57 Å². The van der Waals surface area contributed by atoms with Crippen LogP contribution in [0.4, 0.5) is 11.8 Å². The predicted octanol–water partition coefficient (Wildman–Crippen LogP) is 0.619. The zero-order valence-corrected chi connectivity index (χ0v) is 16.8. The lowest BCUT2D eigenvalue weighted by molar-refractivity contribution is -0.0511. The normalized spacial score (nSPS) is 23.5. The highest BCUT2D eigenvalue weighted by Crippen LogP contribution is 2.32. The number of nitrogens with two attached hydrogens (primary N) is 1. The van der Waals surface area contributed by atoms with Crippen molar-refractivity contribution in [3.05, 3.63) is 54.4 Å². The van der Waals surface area contributed by atoms with E-state index < -0.39 is 31.1 Å². The molecule has 0 saturated carbocycles. The predicted molar refractivity (Wildman–Crippen MR) is 118 cm³/mol. The van der Waals surface area contributed by atoms with Crippen molar-refractivity contribution in [3.63, 3.8) is 0 Å². The molecule has 0 unspecified atom stereocenters. The molecule has 2 aromatic carbocycles. The van der Waals surface area contributed by atoms with Gasteiger partial charge in [0.1, 0.15) is 23.8 Å². The number of aromatic nitrogens is 4. The molecule has 11 nitrogen and oxygen atoms in total. The molecule has 1 saturated heterocycles. The van der Waals surface area contributed by atoms with Gasteiger partial charge < -0.3 is 25.8 Å². The lowest BCUT2D eigenvalue weighted by Gasteiger charge is -2.16. The molecule has 4 aromatic rings. The van der Waals surface area contributed by atoms with Crippen LogP contribution in [-0.2, 0) is 4.74 Å². The second-order valence-corrected chi connectivity index (χ2v) is 7.42. The van der Waals surface area contributed by atoms with Crippen LogP contribution in [0.25, 0.3) is 21.9 Å². The molecule has 32 heavy (non-hydrogen) atoms. The van der Waals surface area contributed by atoms with Crippen LogP contribution < -0.4 is 11.2 Å². The monoisotopic (exact) mass is 435 g/mol. The Morgan fingerprint density at radius 1 is 1.12 bits per heavy atom. The Hall–Kier alpha value is -3.64. The van der Waals surface area contributed by atoms with E-state index in [9.17, 15) is 15.3 Å². The number of nitrogen functional groups attached to an aromatic ring is 1. The molecule has 5 rings (SSSR count). The fourth-order valence-corrected chi connectivity index (χ4v) is 3.81. The number of aliphatic hydroxyl groups excluding tert-OH is 3. The molecular formula is C21H21N7O4. The zero-order valence-electron chi connectivity index (χ0n) is 16.8. The van der Waals surface area contributed by atoms with Crippen LogP contribution in [0.1, 0.15) is 11.8 Å². The summed E-state index contributed by atoms with van der Waals surface area (Å²) in [4.78, 5) is 12.8. The van der Waals surface area contributed by atoms with E-state index in [0.29, 0.717) is 5.52 Å². The number of fused-ring (bicyclic) bond motifs is 2. The van der Waals surface area contributed by atoms with Crippen molar-refractivity contribution >= 4 is 39.9 Å². The summed E-state index contributed by atoms with van der Waals surface area (Å²) in [5.41, 5.74) is 10.3. The number of imidazole rings is 1. The fourth-order valence-electron chi connectivity index (χ4n) is 3.81. The summed E-state index contributed by atoms with van der Waals surface area (Å²) in [6.07, 6.45) is -1.39. The van der Waals surface area contributed by atoms with Gasteiger partial charge in [-0.25, -0.2) is 10.4 Å². The van der Waals surface area contributed by atoms with E-state index in [1.807, 2.05) is 42.5 Å². The molecule has 0 aliphatic carbocycles. The number of anilines is 2. The largest absolute Gasteiger partial charge is 0.394 e. The third kappa shape index (κ3) is 3.42. The number of nitrogens with one attached hydrogen (secondary N) is 1. The minimum atomic E-state index is -1.28. The zero-order chi connectivity index (χ0) is 22.2. The second-order valence-electron chi connectivity index (χ2n) is 7.42. The van der Waals surface area contributed by atoms with Crippen LogP contribution in [0, 0.1) is 0 Å². The highest BCUT2D eigenvalue weighted by Gasteiger charge is 2.44. The molecule has 0 amide bonds. The van der Waals surface area contributed by atoms with Gasteiger partial charge in [0.2, 0.25) is 5.95 Å². The molecular weight excluding hydrogens is 414 g/mol. The number of ether oxygens (including phenoxy) is 1. The number of hydrogen-bond acceptors (Lipinski definition) is 10. The summed E-state index contributed by atoms with van der Waals surface area (Å²) in [5.74, 6) is 0.239. The first-order valence-electron chi connectivity index (χ1n) is 9.96. The highest BCUT2D eigenvalue weighted by molar-refractivity contribution is 5.99. The molecule has 0 radical (unpaired) electrons. The van der Waals surface area contributed by atoms with Crippen molar-refractivity contribution in [2.24, 2.45) is 5.10 Å². The summed E-state index contributed by atoms with van der Waals surface area (Å²) in [5, 5.41) is 36.1. The number of hydrogen-bond donors (Lipinski definition) is 5. The number of rotatable bonds is 5. The Kier molecular flexibility index (Phi) is 5.15. The van der Waals surface area contributed by atoms with Crippen molar-refractivity contribution in [1.82, 2.24) is 19.5 Å². The average Bonchev–Trinajstić information content (AvgIpc) is 3.35. The maximum Gasteiger partial charge on any atom is 0.247 e. The van der Waals surface area contributed by atoms with E-state index in [0.717, 1.165) is 16.3 Å². The Morgan fingerprint density at radius 2 is 1.94 bits per heavy atom. The van der Waals surface area contributed by atoms with Gasteiger partial charge in [0.05, 0.1) is 19.1 Å². The van der Waals surface area contributed by atoms with Gasteiger partial charge in [0.15, 0.2) is 17.7 Å². The van der Waals surface area contributed by atoms with Crippen molar-refractivity contribution in [2.75, 3.05) is 17.8 Å². The van der Waals surface area contributed by atoms with E-state index in [2.05, 4.69) is 25.5 Å². The van der Waals surface area contributed by atoms with E-state index in [-0.39, 0.29) is 17.4 Å². The fraction of sp³-hybridized carbons (Fsp3) is 0.238. The first kappa shape index (κ1) is 20.3. The van der Waals surface area contributed by atoms with Crippen molar-refractivity contribution in [3.8, 4) is 0 Å².